The third-order valence-corrected chi connectivity index (χ3v) is 3.82. The molecule has 114 valence electrons. The second-order valence-electron chi connectivity index (χ2n) is 5.30. The first kappa shape index (κ1) is 15.4. The highest BCUT2D eigenvalue weighted by Crippen LogP contribution is 2.26. The fraction of sp³-hybridized carbons (Fsp3) is 0.467. The molecule has 1 aromatic carbocycles. The minimum atomic E-state index is -0.553. The minimum absolute atomic E-state index is 0.0604. The molecule has 2 amide bonds. The van der Waals surface area contributed by atoms with Gasteiger partial charge in [0.2, 0.25) is 11.8 Å². The molecule has 0 spiro atoms. The first-order valence-corrected chi connectivity index (χ1v) is 7.10. The van der Waals surface area contributed by atoms with Crippen molar-refractivity contribution in [3.8, 4) is 0 Å². The molecule has 0 radical (unpaired) electrons. The zero-order valence-electron chi connectivity index (χ0n) is 12.3. The molecular weight excluding hydrogens is 273 g/mol. The molecule has 1 aliphatic rings. The molecule has 2 rings (SSSR count). The quantitative estimate of drug-likeness (QED) is 0.797. The van der Waals surface area contributed by atoms with Crippen LogP contribution in [0, 0.1) is 5.82 Å². The first-order chi connectivity index (χ1) is 9.97. The van der Waals surface area contributed by atoms with Crippen LogP contribution in [-0.2, 0) is 9.59 Å². The van der Waals surface area contributed by atoms with Crippen molar-refractivity contribution in [2.75, 3.05) is 17.2 Å². The van der Waals surface area contributed by atoms with Gasteiger partial charge in [0.15, 0.2) is 0 Å². The zero-order chi connectivity index (χ0) is 15.5. The van der Waals surface area contributed by atoms with Crippen LogP contribution in [0.5, 0.6) is 0 Å². The van der Waals surface area contributed by atoms with E-state index in [0.29, 0.717) is 12.1 Å². The lowest BCUT2D eigenvalue weighted by Crippen LogP contribution is -2.50. The molecule has 1 saturated heterocycles. The molecule has 0 aliphatic carbocycles. The maximum absolute atomic E-state index is 13.6. The van der Waals surface area contributed by atoms with Gasteiger partial charge in [-0.1, -0.05) is 6.92 Å². The van der Waals surface area contributed by atoms with Crippen LogP contribution in [0.25, 0.3) is 0 Å². The fourth-order valence-corrected chi connectivity index (χ4v) is 2.60. The number of rotatable bonds is 4. The predicted octanol–water partition coefficient (Wildman–Crippen LogP) is 2.25. The summed E-state index contributed by atoms with van der Waals surface area (Å²) in [6.45, 7) is 4.09. The Hall–Kier alpha value is -1.95. The molecule has 0 bridgehead atoms. The summed E-state index contributed by atoms with van der Waals surface area (Å²) in [4.78, 5) is 23.5. The summed E-state index contributed by atoms with van der Waals surface area (Å²) >= 11 is 0. The normalized spacial score (nSPS) is 21.1. The maximum atomic E-state index is 13.6. The van der Waals surface area contributed by atoms with Gasteiger partial charge in [-0.15, -0.1) is 0 Å². The Morgan fingerprint density at radius 3 is 2.71 bits per heavy atom. The number of amides is 2. The van der Waals surface area contributed by atoms with Crippen molar-refractivity contribution in [2.24, 2.45) is 0 Å². The number of halogens is 1. The molecule has 1 fully saturated rings. The number of benzene rings is 1. The lowest BCUT2D eigenvalue weighted by molar-refractivity contribution is -0.122. The zero-order valence-corrected chi connectivity index (χ0v) is 12.3. The third kappa shape index (κ3) is 3.39. The molecular formula is C15H20FN3O2. The van der Waals surface area contributed by atoms with E-state index in [1.807, 2.05) is 6.92 Å². The van der Waals surface area contributed by atoms with Gasteiger partial charge in [-0.05, 0) is 44.0 Å². The molecule has 1 heterocycles. The number of nitrogens with one attached hydrogen (secondary N) is 3. The highest BCUT2D eigenvalue weighted by Gasteiger charge is 2.39. The van der Waals surface area contributed by atoms with Gasteiger partial charge in [-0.2, -0.15) is 0 Å². The van der Waals surface area contributed by atoms with E-state index in [0.717, 1.165) is 19.4 Å². The monoisotopic (exact) mass is 293 g/mol. The average Bonchev–Trinajstić information content (AvgIpc) is 2.92. The van der Waals surface area contributed by atoms with E-state index in [1.54, 1.807) is 0 Å². The fourth-order valence-electron chi connectivity index (χ4n) is 2.60. The van der Waals surface area contributed by atoms with Gasteiger partial charge >= 0.3 is 0 Å². The topological polar surface area (TPSA) is 70.2 Å². The second kappa shape index (κ2) is 6.22. The summed E-state index contributed by atoms with van der Waals surface area (Å²) in [5.41, 5.74) is -0.0281. The van der Waals surface area contributed by atoms with Crippen LogP contribution in [0.1, 0.15) is 33.1 Å². The molecule has 3 N–H and O–H groups in total. The Morgan fingerprint density at radius 1 is 1.38 bits per heavy atom. The number of hydrogen-bond acceptors (Lipinski definition) is 3. The first-order valence-electron chi connectivity index (χ1n) is 7.10. The Balaban J connectivity index is 2.15. The maximum Gasteiger partial charge on any atom is 0.244 e. The van der Waals surface area contributed by atoms with Crippen LogP contribution < -0.4 is 16.0 Å². The van der Waals surface area contributed by atoms with Gasteiger partial charge in [0, 0.05) is 12.6 Å². The van der Waals surface area contributed by atoms with E-state index in [-0.39, 0.29) is 17.5 Å². The van der Waals surface area contributed by atoms with E-state index in [4.69, 9.17) is 0 Å². The SMILES string of the molecule is CCC1(C(=O)Nc2ccc(F)c(NC(C)=O)c2)CCCN1. The molecule has 0 saturated carbocycles. The van der Waals surface area contributed by atoms with Crippen molar-refractivity contribution in [1.29, 1.82) is 0 Å². The van der Waals surface area contributed by atoms with Crippen molar-refractivity contribution >= 4 is 23.2 Å². The Bertz CT molecular complexity index is 554. The lowest BCUT2D eigenvalue weighted by atomic mass is 9.93. The van der Waals surface area contributed by atoms with Crippen molar-refractivity contribution in [3.63, 3.8) is 0 Å². The molecule has 1 aliphatic heterocycles. The second-order valence-corrected chi connectivity index (χ2v) is 5.30. The van der Waals surface area contributed by atoms with Crippen molar-refractivity contribution in [2.45, 2.75) is 38.6 Å². The van der Waals surface area contributed by atoms with E-state index in [2.05, 4.69) is 16.0 Å². The van der Waals surface area contributed by atoms with Gasteiger partial charge in [0.05, 0.1) is 11.2 Å². The highest BCUT2D eigenvalue weighted by atomic mass is 19.1. The highest BCUT2D eigenvalue weighted by molar-refractivity contribution is 5.99. The number of carbonyl (C=O) groups is 2. The standard InChI is InChI=1S/C15H20FN3O2/c1-3-15(7-4-8-17-15)14(21)19-11-5-6-12(16)13(9-11)18-10(2)20/h5-6,9,17H,3-4,7-8H2,1-2H3,(H,18,20)(H,19,21). The van der Waals surface area contributed by atoms with Gasteiger partial charge in [-0.25, -0.2) is 4.39 Å². The summed E-state index contributed by atoms with van der Waals surface area (Å²) in [6.07, 6.45) is 2.44. The van der Waals surface area contributed by atoms with Crippen molar-refractivity contribution < 1.29 is 14.0 Å². The molecule has 5 nitrogen and oxygen atoms in total. The van der Waals surface area contributed by atoms with Gasteiger partial charge in [0.25, 0.3) is 0 Å². The van der Waals surface area contributed by atoms with Crippen molar-refractivity contribution in [1.82, 2.24) is 5.32 Å². The number of anilines is 2. The average molecular weight is 293 g/mol. The van der Waals surface area contributed by atoms with Crippen LogP contribution in [0.15, 0.2) is 18.2 Å². The van der Waals surface area contributed by atoms with Crippen LogP contribution >= 0.6 is 0 Å². The molecule has 1 atom stereocenters. The van der Waals surface area contributed by atoms with Crippen LogP contribution in [0.4, 0.5) is 15.8 Å². The van der Waals surface area contributed by atoms with Crippen LogP contribution in [0.3, 0.4) is 0 Å². The van der Waals surface area contributed by atoms with Crippen molar-refractivity contribution in [3.05, 3.63) is 24.0 Å². The summed E-state index contributed by atoms with van der Waals surface area (Å²) in [5, 5.41) is 8.44. The summed E-state index contributed by atoms with van der Waals surface area (Å²) < 4.78 is 13.6. The summed E-state index contributed by atoms with van der Waals surface area (Å²) in [6, 6.07) is 4.13. The Kier molecular flexibility index (Phi) is 4.57. The van der Waals surface area contributed by atoms with Gasteiger partial charge in [-0.3, -0.25) is 9.59 Å². The minimum Gasteiger partial charge on any atom is -0.324 e. The third-order valence-electron chi connectivity index (χ3n) is 3.82. The summed E-state index contributed by atoms with van der Waals surface area (Å²) in [7, 11) is 0. The van der Waals surface area contributed by atoms with E-state index in [9.17, 15) is 14.0 Å². The largest absolute Gasteiger partial charge is 0.324 e. The van der Waals surface area contributed by atoms with Gasteiger partial charge < -0.3 is 16.0 Å². The molecule has 0 aromatic heterocycles. The smallest absolute Gasteiger partial charge is 0.244 e. The molecule has 1 aromatic rings. The predicted molar refractivity (Wildman–Crippen MR) is 79.6 cm³/mol. The molecule has 1 unspecified atom stereocenters. The van der Waals surface area contributed by atoms with E-state index >= 15 is 0 Å². The van der Waals surface area contributed by atoms with Gasteiger partial charge in [0.1, 0.15) is 5.82 Å². The van der Waals surface area contributed by atoms with Crippen LogP contribution in [0.2, 0.25) is 0 Å². The van der Waals surface area contributed by atoms with E-state index < -0.39 is 11.4 Å². The molecule has 21 heavy (non-hydrogen) atoms. The Morgan fingerprint density at radius 2 is 2.14 bits per heavy atom. The van der Waals surface area contributed by atoms with Crippen LogP contribution in [-0.4, -0.2) is 23.9 Å². The number of carbonyl (C=O) groups excluding carboxylic acids is 2. The Labute approximate surface area is 123 Å². The molecule has 6 heteroatoms. The number of hydrogen-bond donors (Lipinski definition) is 3. The summed E-state index contributed by atoms with van der Waals surface area (Å²) in [5.74, 6) is -1.02. The van der Waals surface area contributed by atoms with E-state index in [1.165, 1.54) is 25.1 Å². The lowest BCUT2D eigenvalue weighted by Gasteiger charge is -2.26.